The summed E-state index contributed by atoms with van der Waals surface area (Å²) in [4.78, 5) is 25.4. The van der Waals surface area contributed by atoms with Gasteiger partial charge in [-0.15, -0.1) is 0 Å². The van der Waals surface area contributed by atoms with Gasteiger partial charge in [-0.1, -0.05) is 0 Å². The molecule has 10 heteroatoms. The Morgan fingerprint density at radius 2 is 2.18 bits per heavy atom. The first-order valence-electron chi connectivity index (χ1n) is 11.1. The number of aromatic nitrogens is 5. The molecule has 3 atom stereocenters. The van der Waals surface area contributed by atoms with E-state index in [1.54, 1.807) is 8.69 Å². The Kier molecular flexibility index (Phi) is 5.91. The van der Waals surface area contributed by atoms with Gasteiger partial charge < -0.3 is 4.74 Å². The van der Waals surface area contributed by atoms with Crippen molar-refractivity contribution in [2.75, 3.05) is 12.8 Å². The standard InChI is InChI=1S/C23H24FN6O2.Tl/c1-32-22(31)17-10-23(6-2-3-13(17)4-7-23)8-5-14-11-26-21(28-19(14)25)18-16-9-15(24)12-27-20(16)30-29-18;/h5,8-9,11-13,17H,2-4,6-7,10H2,1H3,(H2-,25,26,27,28,29,30);/q-1;+1. The van der Waals surface area contributed by atoms with E-state index in [0.29, 0.717) is 60.4 Å². The van der Waals surface area contributed by atoms with Crippen LogP contribution >= 0.6 is 0 Å². The zero-order valence-electron chi connectivity index (χ0n) is 18.4. The fraction of sp³-hybridized carbons (Fsp3) is 0.435. The van der Waals surface area contributed by atoms with E-state index in [4.69, 9.17) is 10.5 Å². The molecule has 0 amide bonds. The Balaban J connectivity index is 1.44. The molecule has 3 aromatic heterocycles. The number of allylic oxidation sites excluding steroid dienone is 1. The molecule has 6 rings (SSSR count). The minimum absolute atomic E-state index is 0.0388. The second-order valence-electron chi connectivity index (χ2n) is 9.07. The van der Waals surface area contributed by atoms with E-state index in [1.807, 2.05) is 6.08 Å². The predicted octanol–water partition coefficient (Wildman–Crippen LogP) is 3.31. The molecule has 3 aromatic rings. The van der Waals surface area contributed by atoms with Gasteiger partial charge in [0.1, 0.15) is 0 Å². The molecule has 3 heterocycles. The summed E-state index contributed by atoms with van der Waals surface area (Å²) in [7, 11) is 1.47. The third-order valence-corrected chi connectivity index (χ3v) is 8.55. The number of carbonyl (C=O) groups is 1. The third-order valence-electron chi connectivity index (χ3n) is 7.15. The molecular weight excluding hydrogens is 616 g/mol. The van der Waals surface area contributed by atoms with E-state index in [0.717, 1.165) is 44.1 Å². The molecule has 3 aliphatic rings. The number of nitrogens with zero attached hydrogens (tertiary/aromatic N) is 5. The Labute approximate surface area is 206 Å². The number of rotatable bonds is 4. The van der Waals surface area contributed by atoms with Crippen LogP contribution in [-0.2, 0) is 9.53 Å². The maximum absolute atomic E-state index is 13.8. The molecular formula is C23H24FN6O2Tl. The van der Waals surface area contributed by atoms with E-state index in [2.05, 4.69) is 26.1 Å². The zero-order valence-corrected chi connectivity index (χ0v) is 22.9. The van der Waals surface area contributed by atoms with Crippen molar-refractivity contribution in [1.82, 2.24) is 22.5 Å². The molecule has 0 aromatic carbocycles. The summed E-state index contributed by atoms with van der Waals surface area (Å²) in [5.74, 6) is 0.538. The van der Waals surface area contributed by atoms with Gasteiger partial charge in [-0.05, 0) is 12.3 Å². The van der Waals surface area contributed by atoms with Crippen LogP contribution in [0.1, 0.15) is 44.1 Å². The normalized spacial score (nSPS) is 24.9. The number of hydrogen-bond donors (Lipinski definition) is 1. The summed E-state index contributed by atoms with van der Waals surface area (Å²) < 4.78 is 20.6. The first kappa shape index (κ1) is 22.4. The van der Waals surface area contributed by atoms with Crippen molar-refractivity contribution in [3.05, 3.63) is 35.9 Å². The predicted molar refractivity (Wildman–Crippen MR) is 122 cm³/mol. The van der Waals surface area contributed by atoms with Crippen LogP contribution in [-0.4, -0.2) is 61.7 Å². The first-order chi connectivity index (χ1) is 15.9. The van der Waals surface area contributed by atoms with Gasteiger partial charge >= 0.3 is 179 Å². The van der Waals surface area contributed by atoms with E-state index in [1.165, 1.54) is 19.4 Å². The van der Waals surface area contributed by atoms with E-state index < -0.39 is 5.82 Å². The fourth-order valence-corrected chi connectivity index (χ4v) is 6.66. The van der Waals surface area contributed by atoms with Crippen LogP contribution < -0.4 is 5.73 Å². The molecule has 0 spiro atoms. The number of methoxy groups -OCH3 is 1. The number of anilines is 1. The second kappa shape index (κ2) is 8.73. The van der Waals surface area contributed by atoms with Crippen molar-refractivity contribution in [2.45, 2.75) is 38.5 Å². The van der Waals surface area contributed by atoms with Gasteiger partial charge in [0, 0.05) is 0 Å². The molecule has 2 bridgehead atoms. The second-order valence-corrected chi connectivity index (χ2v) is 11.0. The third kappa shape index (κ3) is 4.15. The minimum atomic E-state index is -0.433. The number of nitrogens with two attached hydrogens (primary N) is 1. The summed E-state index contributed by atoms with van der Waals surface area (Å²) in [5.41, 5.74) is 8.06. The summed E-state index contributed by atoms with van der Waals surface area (Å²) in [5, 5.41) is 5.06. The van der Waals surface area contributed by atoms with Gasteiger partial charge in [0.25, 0.3) is 0 Å². The summed E-state index contributed by atoms with van der Waals surface area (Å²) in [6.07, 6.45) is 13.2. The summed E-state index contributed by atoms with van der Waals surface area (Å²) >= 11 is 0.367. The van der Waals surface area contributed by atoms with E-state index in [9.17, 15) is 9.18 Å². The van der Waals surface area contributed by atoms with Crippen molar-refractivity contribution >= 4 is 55.0 Å². The van der Waals surface area contributed by atoms with E-state index in [-0.39, 0.29) is 17.3 Å². The number of ether oxygens (including phenoxy) is 1. The number of halogens is 1. The number of pyridine rings is 1. The molecule has 33 heavy (non-hydrogen) atoms. The maximum atomic E-state index is 13.8. The van der Waals surface area contributed by atoms with Crippen molar-refractivity contribution < 1.29 is 13.9 Å². The topological polar surface area (TPSA) is 109 Å². The van der Waals surface area contributed by atoms with Gasteiger partial charge in [0.05, 0.1) is 7.11 Å². The molecule has 3 saturated carbocycles. The van der Waals surface area contributed by atoms with Crippen molar-refractivity contribution in [3.63, 3.8) is 0 Å². The molecule has 8 nitrogen and oxygen atoms in total. The number of fused-ring (bicyclic) bond motifs is 5. The first-order valence-corrected chi connectivity index (χ1v) is 13.1. The number of esters is 1. The van der Waals surface area contributed by atoms with Gasteiger partial charge in [0.2, 0.25) is 0 Å². The number of hydrogen-bond acceptors (Lipinski definition) is 7. The molecule has 0 radical (unpaired) electrons. The van der Waals surface area contributed by atoms with Gasteiger partial charge in [-0.2, -0.15) is 0 Å². The quantitative estimate of drug-likeness (QED) is 0.345. The molecule has 3 fully saturated rings. The molecule has 0 saturated heterocycles. The van der Waals surface area contributed by atoms with Crippen LogP contribution in [0.2, 0.25) is 0 Å². The van der Waals surface area contributed by atoms with Crippen molar-refractivity contribution in [3.8, 4) is 11.5 Å². The molecule has 3 unspecified atom stereocenters. The monoisotopic (exact) mass is 640 g/mol. The van der Waals surface area contributed by atoms with Crippen LogP contribution in [0.15, 0.2) is 24.5 Å². The van der Waals surface area contributed by atoms with Crippen molar-refractivity contribution in [1.29, 1.82) is 0 Å². The Bertz CT molecular complexity index is 1260. The number of carbonyl (C=O) groups excluding carboxylic acids is 1. The average Bonchev–Trinajstić information content (AvgIpc) is 2.95. The average molecular weight is 640 g/mol. The van der Waals surface area contributed by atoms with Crippen molar-refractivity contribution in [2.24, 2.45) is 17.3 Å². The molecule has 168 valence electrons. The molecule has 0 aliphatic heterocycles. The van der Waals surface area contributed by atoms with Gasteiger partial charge in [-0.3, -0.25) is 4.79 Å². The fourth-order valence-electron chi connectivity index (χ4n) is 5.41. The van der Waals surface area contributed by atoms with Crippen LogP contribution in [0.5, 0.6) is 0 Å². The Morgan fingerprint density at radius 1 is 1.33 bits per heavy atom. The van der Waals surface area contributed by atoms with E-state index >= 15 is 0 Å². The number of nitrogen functional groups attached to an aromatic ring is 1. The zero-order chi connectivity index (χ0) is 23.2. The molecule has 2 N–H and O–H groups in total. The van der Waals surface area contributed by atoms with Crippen LogP contribution in [0.3, 0.4) is 0 Å². The summed E-state index contributed by atoms with van der Waals surface area (Å²) in [6.45, 7) is 0. The van der Waals surface area contributed by atoms with Crippen LogP contribution in [0.4, 0.5) is 10.2 Å². The molecule has 3 aliphatic carbocycles. The summed E-state index contributed by atoms with van der Waals surface area (Å²) in [6, 6.07) is 1.40. The van der Waals surface area contributed by atoms with Gasteiger partial charge in [0.15, 0.2) is 0 Å². The van der Waals surface area contributed by atoms with Crippen LogP contribution in [0.25, 0.3) is 28.6 Å². The Hall–Kier alpha value is -2.44. The van der Waals surface area contributed by atoms with Crippen LogP contribution in [0, 0.1) is 23.1 Å². The SMILES string of the molecule is COC(=O)C1CC2(C=Cc3cnc(-c4n[n]([Tl])c5ncc(F)cc45)nc3N)CCCC1CC2. The van der Waals surface area contributed by atoms with Gasteiger partial charge in [-0.25, -0.2) is 0 Å². The Morgan fingerprint density at radius 3 is 2.97 bits per heavy atom.